The highest BCUT2D eigenvalue weighted by Crippen LogP contribution is 2.37. The first-order valence-electron chi connectivity index (χ1n) is 9.55. The minimum Gasteiger partial charge on any atom is -0.492 e. The first-order valence-corrected chi connectivity index (χ1v) is 11.7. The van der Waals surface area contributed by atoms with Crippen LogP contribution in [0.5, 0.6) is 5.75 Å². The number of ether oxygens (including phenoxy) is 1. The van der Waals surface area contributed by atoms with Crippen LogP contribution in [-0.2, 0) is 17.1 Å². The predicted octanol–water partition coefficient (Wildman–Crippen LogP) is 4.35. The summed E-state index contributed by atoms with van der Waals surface area (Å²) in [5.74, 6) is -0.226. The van der Waals surface area contributed by atoms with Gasteiger partial charge in [-0.2, -0.15) is 4.31 Å². The van der Waals surface area contributed by atoms with Gasteiger partial charge in [0, 0.05) is 43.2 Å². The van der Waals surface area contributed by atoms with E-state index in [1.54, 1.807) is 41.9 Å². The van der Waals surface area contributed by atoms with Gasteiger partial charge in [-0.3, -0.25) is 0 Å². The van der Waals surface area contributed by atoms with E-state index in [0.29, 0.717) is 15.8 Å². The van der Waals surface area contributed by atoms with Crippen molar-refractivity contribution in [3.8, 4) is 5.75 Å². The molecule has 1 aliphatic heterocycles. The Labute approximate surface area is 190 Å². The molecule has 6 nitrogen and oxygen atoms in total. The van der Waals surface area contributed by atoms with E-state index in [1.165, 1.54) is 29.0 Å². The van der Waals surface area contributed by atoms with Crippen molar-refractivity contribution in [2.24, 2.45) is 13.0 Å². The zero-order valence-electron chi connectivity index (χ0n) is 16.6. The van der Waals surface area contributed by atoms with Gasteiger partial charge >= 0.3 is 0 Å². The Bertz CT molecular complexity index is 1180. The van der Waals surface area contributed by atoms with Gasteiger partial charge in [-0.1, -0.05) is 35.3 Å². The summed E-state index contributed by atoms with van der Waals surface area (Å²) in [5, 5.41) is 0.868. The van der Waals surface area contributed by atoms with Crippen LogP contribution in [0.15, 0.2) is 60.0 Å². The third kappa shape index (κ3) is 4.72. The maximum absolute atomic E-state index is 13.4. The fraction of sp³-hybridized carbons (Fsp3) is 0.286. The second kappa shape index (κ2) is 8.78. The number of benzene rings is 2. The van der Waals surface area contributed by atoms with Crippen molar-refractivity contribution < 1.29 is 17.5 Å². The van der Waals surface area contributed by atoms with Gasteiger partial charge in [0.2, 0.25) is 0 Å². The van der Waals surface area contributed by atoms with Crippen molar-refractivity contribution in [2.75, 3.05) is 19.7 Å². The van der Waals surface area contributed by atoms with Gasteiger partial charge in [-0.25, -0.2) is 17.8 Å². The molecule has 2 heterocycles. The van der Waals surface area contributed by atoms with Crippen molar-refractivity contribution in [2.45, 2.75) is 10.9 Å². The monoisotopic (exact) mass is 483 g/mol. The normalized spacial score (nSPS) is 19.6. The number of sulfonamides is 1. The SMILES string of the molecule is Cn1cnc(S(=O)(=O)N2C[C@@H](COc3ccc(Cl)cc3Cl)[C@H](c3ccc(F)cc3)C2)c1. The average molecular weight is 484 g/mol. The van der Waals surface area contributed by atoms with Crippen LogP contribution >= 0.6 is 23.2 Å². The standard InChI is InChI=1S/C21H20Cl2FN3O3S/c1-26-11-21(25-13-26)31(28,29)27-9-15(12-30-20-7-4-16(22)8-19(20)23)18(10-27)14-2-5-17(24)6-3-14/h2-8,11,13,15,18H,9-10,12H2,1H3/t15-,18-/m0/s1. The second-order valence-electron chi connectivity index (χ2n) is 7.50. The molecule has 0 unspecified atom stereocenters. The molecule has 2 aromatic carbocycles. The van der Waals surface area contributed by atoms with E-state index in [-0.39, 0.29) is 42.4 Å². The average Bonchev–Trinajstić information content (AvgIpc) is 3.35. The Hall–Kier alpha value is -2.13. The van der Waals surface area contributed by atoms with Crippen LogP contribution in [0.2, 0.25) is 10.0 Å². The maximum atomic E-state index is 13.4. The zero-order chi connectivity index (χ0) is 22.2. The highest BCUT2D eigenvalue weighted by molar-refractivity contribution is 7.89. The van der Waals surface area contributed by atoms with E-state index in [9.17, 15) is 12.8 Å². The summed E-state index contributed by atoms with van der Waals surface area (Å²) in [7, 11) is -2.06. The van der Waals surface area contributed by atoms with Crippen molar-refractivity contribution in [1.29, 1.82) is 0 Å². The van der Waals surface area contributed by atoms with E-state index in [0.717, 1.165) is 5.56 Å². The van der Waals surface area contributed by atoms with Gasteiger partial charge < -0.3 is 9.30 Å². The smallest absolute Gasteiger partial charge is 0.262 e. The number of nitrogens with zero attached hydrogens (tertiary/aromatic N) is 3. The summed E-state index contributed by atoms with van der Waals surface area (Å²) in [4.78, 5) is 4.00. The summed E-state index contributed by atoms with van der Waals surface area (Å²) < 4.78 is 48.6. The Morgan fingerprint density at radius 2 is 1.90 bits per heavy atom. The van der Waals surface area contributed by atoms with Crippen LogP contribution in [-0.4, -0.2) is 42.0 Å². The number of hydrogen-bond donors (Lipinski definition) is 0. The number of aromatic nitrogens is 2. The summed E-state index contributed by atoms with van der Waals surface area (Å²) in [6.45, 7) is 0.719. The molecule has 1 fully saturated rings. The number of aryl methyl sites for hydroxylation is 1. The lowest BCUT2D eigenvalue weighted by Crippen LogP contribution is -2.30. The lowest BCUT2D eigenvalue weighted by Gasteiger charge is -2.19. The topological polar surface area (TPSA) is 64.4 Å². The molecule has 0 amide bonds. The molecular weight excluding hydrogens is 464 g/mol. The van der Waals surface area contributed by atoms with Crippen LogP contribution in [0.3, 0.4) is 0 Å². The molecule has 3 aromatic rings. The van der Waals surface area contributed by atoms with Crippen LogP contribution < -0.4 is 4.74 Å². The van der Waals surface area contributed by atoms with E-state index in [2.05, 4.69) is 4.98 Å². The summed E-state index contributed by atoms with van der Waals surface area (Å²) in [5.41, 5.74) is 0.843. The Kier molecular flexibility index (Phi) is 6.25. The molecule has 31 heavy (non-hydrogen) atoms. The molecule has 0 aliphatic carbocycles. The number of hydrogen-bond acceptors (Lipinski definition) is 4. The molecule has 0 spiro atoms. The minimum absolute atomic E-state index is 0.00447. The van der Waals surface area contributed by atoms with E-state index in [1.807, 2.05) is 0 Å². The van der Waals surface area contributed by atoms with Crippen LogP contribution in [0.4, 0.5) is 4.39 Å². The largest absolute Gasteiger partial charge is 0.492 e. The third-order valence-corrected chi connectivity index (χ3v) is 7.59. The van der Waals surface area contributed by atoms with Gasteiger partial charge in [0.05, 0.1) is 18.0 Å². The first-order chi connectivity index (χ1) is 14.7. The molecule has 10 heteroatoms. The van der Waals surface area contributed by atoms with Crippen molar-refractivity contribution in [3.63, 3.8) is 0 Å². The summed E-state index contributed by atoms with van der Waals surface area (Å²) in [6, 6.07) is 11.0. The van der Waals surface area contributed by atoms with Crippen molar-refractivity contribution in [1.82, 2.24) is 13.9 Å². The number of imidazole rings is 1. The van der Waals surface area contributed by atoms with E-state index in [4.69, 9.17) is 27.9 Å². The first kappa shape index (κ1) is 22.1. The second-order valence-corrected chi connectivity index (χ2v) is 10.2. The van der Waals surface area contributed by atoms with Crippen LogP contribution in [0.25, 0.3) is 0 Å². The van der Waals surface area contributed by atoms with Gasteiger partial charge in [-0.15, -0.1) is 0 Å². The van der Waals surface area contributed by atoms with Crippen LogP contribution in [0, 0.1) is 11.7 Å². The summed E-state index contributed by atoms with van der Waals surface area (Å²) in [6.07, 6.45) is 2.92. The molecule has 1 aliphatic rings. The Morgan fingerprint density at radius 1 is 1.16 bits per heavy atom. The molecule has 0 radical (unpaired) electrons. The highest BCUT2D eigenvalue weighted by Gasteiger charge is 2.41. The molecule has 4 rings (SSSR count). The lowest BCUT2D eigenvalue weighted by molar-refractivity contribution is 0.245. The van der Waals surface area contributed by atoms with Crippen molar-refractivity contribution >= 4 is 33.2 Å². The maximum Gasteiger partial charge on any atom is 0.262 e. The quantitative estimate of drug-likeness (QED) is 0.522. The molecular formula is C21H20Cl2FN3O3S. The number of rotatable bonds is 6. The fourth-order valence-electron chi connectivity index (χ4n) is 3.73. The minimum atomic E-state index is -3.77. The van der Waals surface area contributed by atoms with Gasteiger partial charge in [0.25, 0.3) is 10.0 Å². The fourth-order valence-corrected chi connectivity index (χ4v) is 5.68. The third-order valence-electron chi connectivity index (χ3n) is 5.34. The molecule has 164 valence electrons. The van der Waals surface area contributed by atoms with E-state index >= 15 is 0 Å². The zero-order valence-corrected chi connectivity index (χ0v) is 18.9. The Balaban J connectivity index is 1.59. The Morgan fingerprint density at radius 3 is 2.55 bits per heavy atom. The molecule has 0 bridgehead atoms. The molecule has 1 saturated heterocycles. The molecule has 0 saturated carbocycles. The summed E-state index contributed by atoms with van der Waals surface area (Å²) >= 11 is 12.1. The molecule has 1 aromatic heterocycles. The predicted molar refractivity (Wildman–Crippen MR) is 117 cm³/mol. The van der Waals surface area contributed by atoms with Gasteiger partial charge in [-0.05, 0) is 35.9 Å². The highest BCUT2D eigenvalue weighted by atomic mass is 35.5. The lowest BCUT2D eigenvalue weighted by atomic mass is 9.89. The molecule has 0 N–H and O–H groups in total. The van der Waals surface area contributed by atoms with Crippen LogP contribution in [0.1, 0.15) is 11.5 Å². The van der Waals surface area contributed by atoms with Gasteiger partial charge in [0.15, 0.2) is 5.03 Å². The van der Waals surface area contributed by atoms with E-state index < -0.39 is 10.0 Å². The number of halogens is 3. The van der Waals surface area contributed by atoms with Crippen molar-refractivity contribution in [3.05, 3.63) is 76.4 Å². The van der Waals surface area contributed by atoms with Gasteiger partial charge in [0.1, 0.15) is 11.6 Å². The molecule has 2 atom stereocenters.